The Morgan fingerprint density at radius 3 is 2.84 bits per heavy atom. The van der Waals surface area contributed by atoms with E-state index in [1.807, 2.05) is 25.3 Å². The fourth-order valence-electron chi connectivity index (χ4n) is 3.15. The fourth-order valence-corrected chi connectivity index (χ4v) is 3.15. The second-order valence-corrected chi connectivity index (χ2v) is 6.39. The van der Waals surface area contributed by atoms with Gasteiger partial charge < -0.3 is 5.11 Å². The van der Waals surface area contributed by atoms with Gasteiger partial charge in [0.15, 0.2) is 5.82 Å². The van der Waals surface area contributed by atoms with Crippen molar-refractivity contribution in [2.75, 3.05) is 6.54 Å². The molecule has 0 atom stereocenters. The summed E-state index contributed by atoms with van der Waals surface area (Å²) < 4.78 is 0. The van der Waals surface area contributed by atoms with Gasteiger partial charge in [0, 0.05) is 55.8 Å². The zero-order chi connectivity index (χ0) is 17.2. The molecule has 0 saturated carbocycles. The summed E-state index contributed by atoms with van der Waals surface area (Å²) in [4.78, 5) is 19.5. The van der Waals surface area contributed by atoms with Crippen LogP contribution in [0.3, 0.4) is 0 Å². The Hall–Kier alpha value is -2.86. The summed E-state index contributed by atoms with van der Waals surface area (Å²) in [5, 5.41) is 10.1. The Kier molecular flexibility index (Phi) is 4.11. The zero-order valence-electron chi connectivity index (χ0n) is 14.1. The average Bonchev–Trinajstić information content (AvgIpc) is 2.65. The number of phenols is 1. The van der Waals surface area contributed by atoms with Gasteiger partial charge in [0.1, 0.15) is 12.1 Å². The average molecular weight is 333 g/mol. The predicted octanol–water partition coefficient (Wildman–Crippen LogP) is 2.51. The van der Waals surface area contributed by atoms with Crippen LogP contribution in [0.15, 0.2) is 43.1 Å². The van der Waals surface area contributed by atoms with E-state index in [0.29, 0.717) is 11.6 Å². The molecule has 1 N–H and O–H groups in total. The van der Waals surface area contributed by atoms with E-state index in [-0.39, 0.29) is 0 Å². The lowest BCUT2D eigenvalue weighted by Crippen LogP contribution is -2.31. The Morgan fingerprint density at radius 2 is 2.00 bits per heavy atom. The molecule has 0 aliphatic carbocycles. The van der Waals surface area contributed by atoms with Gasteiger partial charge in [-0.15, -0.1) is 0 Å². The molecule has 1 aliphatic heterocycles. The molecular weight excluding hydrogens is 314 g/mol. The number of aryl methyl sites for hydroxylation is 1. The maximum absolute atomic E-state index is 10.1. The van der Waals surface area contributed by atoms with Gasteiger partial charge in [-0.3, -0.25) is 4.90 Å². The molecule has 0 saturated heterocycles. The molecule has 0 spiro atoms. The van der Waals surface area contributed by atoms with Crippen molar-refractivity contribution in [3.05, 3.63) is 65.5 Å². The van der Waals surface area contributed by atoms with E-state index >= 15 is 0 Å². The van der Waals surface area contributed by atoms with Crippen molar-refractivity contribution in [3.8, 4) is 17.1 Å². The van der Waals surface area contributed by atoms with Gasteiger partial charge in [0.05, 0.1) is 11.3 Å². The van der Waals surface area contributed by atoms with Crippen LogP contribution in [0.25, 0.3) is 11.4 Å². The maximum atomic E-state index is 10.1. The second kappa shape index (κ2) is 6.57. The molecular formula is C19H19N5O. The highest BCUT2D eigenvalue weighted by Gasteiger charge is 2.20. The summed E-state index contributed by atoms with van der Waals surface area (Å²) in [6.45, 7) is 4.45. The molecule has 0 radical (unpaired) electrons. The summed E-state index contributed by atoms with van der Waals surface area (Å²) in [5.41, 5.74) is 5.17. The molecule has 126 valence electrons. The molecule has 1 aromatic carbocycles. The summed E-state index contributed by atoms with van der Waals surface area (Å²) >= 11 is 0. The van der Waals surface area contributed by atoms with Crippen LogP contribution < -0.4 is 0 Å². The predicted molar refractivity (Wildman–Crippen MR) is 93.7 cm³/mol. The Morgan fingerprint density at radius 1 is 1.16 bits per heavy atom. The normalized spacial score (nSPS) is 14.3. The number of phenolic OH excluding ortho intramolecular Hbond substituents is 1. The van der Waals surface area contributed by atoms with Gasteiger partial charge in [-0.05, 0) is 13.0 Å². The summed E-state index contributed by atoms with van der Waals surface area (Å²) in [6.07, 6.45) is 7.72. The highest BCUT2D eigenvalue weighted by atomic mass is 16.3. The number of hydrogen-bond donors (Lipinski definition) is 1. The second-order valence-electron chi connectivity index (χ2n) is 6.39. The zero-order valence-corrected chi connectivity index (χ0v) is 14.1. The van der Waals surface area contributed by atoms with Crippen molar-refractivity contribution in [1.29, 1.82) is 0 Å². The molecule has 3 heterocycles. The highest BCUT2D eigenvalue weighted by Crippen LogP contribution is 2.24. The lowest BCUT2D eigenvalue weighted by atomic mass is 10.0. The van der Waals surface area contributed by atoms with Crippen LogP contribution in [-0.4, -0.2) is 36.5 Å². The van der Waals surface area contributed by atoms with Gasteiger partial charge in [0.25, 0.3) is 0 Å². The molecule has 0 amide bonds. The van der Waals surface area contributed by atoms with Crippen LogP contribution in [0.2, 0.25) is 0 Å². The Labute approximate surface area is 146 Å². The van der Waals surface area contributed by atoms with E-state index in [1.165, 1.54) is 6.33 Å². The highest BCUT2D eigenvalue weighted by molar-refractivity contribution is 5.52. The number of nitrogens with zero attached hydrogens (tertiary/aromatic N) is 5. The van der Waals surface area contributed by atoms with E-state index in [9.17, 15) is 5.11 Å². The van der Waals surface area contributed by atoms with Crippen LogP contribution in [0, 0.1) is 6.92 Å². The van der Waals surface area contributed by atoms with E-state index in [4.69, 9.17) is 0 Å². The lowest BCUT2D eigenvalue weighted by Gasteiger charge is -2.28. The first kappa shape index (κ1) is 15.7. The summed E-state index contributed by atoms with van der Waals surface area (Å²) in [7, 11) is 0. The number of rotatable bonds is 3. The van der Waals surface area contributed by atoms with E-state index in [0.717, 1.165) is 54.0 Å². The van der Waals surface area contributed by atoms with Crippen LogP contribution in [0.5, 0.6) is 5.75 Å². The third kappa shape index (κ3) is 3.34. The van der Waals surface area contributed by atoms with Crippen LogP contribution in [0.4, 0.5) is 0 Å². The van der Waals surface area contributed by atoms with Crippen molar-refractivity contribution in [2.24, 2.45) is 0 Å². The number of hydrogen-bond acceptors (Lipinski definition) is 6. The van der Waals surface area contributed by atoms with Crippen molar-refractivity contribution >= 4 is 0 Å². The topological polar surface area (TPSA) is 75.0 Å². The van der Waals surface area contributed by atoms with Gasteiger partial charge in [-0.1, -0.05) is 17.7 Å². The quantitative estimate of drug-likeness (QED) is 0.794. The van der Waals surface area contributed by atoms with Crippen molar-refractivity contribution in [3.63, 3.8) is 0 Å². The molecule has 0 fully saturated rings. The van der Waals surface area contributed by atoms with Crippen LogP contribution in [0.1, 0.15) is 22.4 Å². The Bertz CT molecular complexity index is 898. The number of aromatic hydroxyl groups is 1. The summed E-state index contributed by atoms with van der Waals surface area (Å²) in [6, 6.07) is 5.73. The van der Waals surface area contributed by atoms with E-state index in [2.05, 4.69) is 24.8 Å². The first-order valence-corrected chi connectivity index (χ1v) is 8.30. The van der Waals surface area contributed by atoms with Crippen molar-refractivity contribution in [1.82, 2.24) is 24.8 Å². The SMILES string of the molecule is Cc1ccc(O)c(CN2CCc3nc(-c4cncnc4)ncc3C2)c1. The molecule has 0 bridgehead atoms. The molecule has 25 heavy (non-hydrogen) atoms. The van der Waals surface area contributed by atoms with Crippen LogP contribution in [-0.2, 0) is 19.5 Å². The molecule has 0 unspecified atom stereocenters. The monoisotopic (exact) mass is 333 g/mol. The third-order valence-electron chi connectivity index (χ3n) is 4.46. The standard InChI is InChI=1S/C19H19N5O/c1-13-2-3-18(25)14(6-13)10-24-5-4-17-16(11-24)9-22-19(23-17)15-7-20-12-21-8-15/h2-3,6-9,12,25H,4-5,10-11H2,1H3. The molecule has 6 heteroatoms. The minimum absolute atomic E-state index is 0.354. The number of fused-ring (bicyclic) bond motifs is 1. The van der Waals surface area contributed by atoms with E-state index < -0.39 is 0 Å². The first-order chi connectivity index (χ1) is 12.2. The summed E-state index contributed by atoms with van der Waals surface area (Å²) in [5.74, 6) is 1.02. The molecule has 2 aromatic heterocycles. The Balaban J connectivity index is 1.53. The smallest absolute Gasteiger partial charge is 0.162 e. The third-order valence-corrected chi connectivity index (χ3v) is 4.46. The van der Waals surface area contributed by atoms with Gasteiger partial charge >= 0.3 is 0 Å². The lowest BCUT2D eigenvalue weighted by molar-refractivity contribution is 0.240. The minimum atomic E-state index is 0.354. The van der Waals surface area contributed by atoms with Crippen molar-refractivity contribution < 1.29 is 5.11 Å². The van der Waals surface area contributed by atoms with Gasteiger partial charge in [0.2, 0.25) is 0 Å². The van der Waals surface area contributed by atoms with E-state index in [1.54, 1.807) is 18.5 Å². The minimum Gasteiger partial charge on any atom is -0.508 e. The molecule has 3 aromatic rings. The molecule has 6 nitrogen and oxygen atoms in total. The molecule has 4 rings (SSSR count). The maximum Gasteiger partial charge on any atom is 0.162 e. The van der Waals surface area contributed by atoms with Gasteiger partial charge in [-0.2, -0.15) is 0 Å². The number of benzene rings is 1. The van der Waals surface area contributed by atoms with Crippen LogP contribution >= 0.6 is 0 Å². The first-order valence-electron chi connectivity index (χ1n) is 8.30. The largest absolute Gasteiger partial charge is 0.508 e. The fraction of sp³-hybridized carbons (Fsp3) is 0.263. The van der Waals surface area contributed by atoms with Gasteiger partial charge in [-0.25, -0.2) is 19.9 Å². The van der Waals surface area contributed by atoms with Crippen molar-refractivity contribution in [2.45, 2.75) is 26.4 Å². The number of aromatic nitrogens is 4. The molecule has 1 aliphatic rings.